The molecule has 0 spiro atoms. The van der Waals surface area contributed by atoms with E-state index in [0.29, 0.717) is 17.1 Å². The van der Waals surface area contributed by atoms with Gasteiger partial charge in [-0.05, 0) is 55.3 Å². The van der Waals surface area contributed by atoms with Crippen molar-refractivity contribution < 1.29 is 22.7 Å². The second kappa shape index (κ2) is 9.38. The first-order valence-corrected chi connectivity index (χ1v) is 9.90. The van der Waals surface area contributed by atoms with Crippen molar-refractivity contribution >= 4 is 15.9 Å². The summed E-state index contributed by atoms with van der Waals surface area (Å²) in [7, 11) is -2.05. The van der Waals surface area contributed by atoms with E-state index in [9.17, 15) is 13.2 Å². The lowest BCUT2D eigenvalue weighted by atomic mass is 10.2. The minimum Gasteiger partial charge on any atom is -0.497 e. The van der Waals surface area contributed by atoms with Gasteiger partial charge in [-0.15, -0.1) is 0 Å². The van der Waals surface area contributed by atoms with Crippen LogP contribution in [0.3, 0.4) is 0 Å². The normalized spacial score (nSPS) is 11.1. The molecular weight excluding hydrogens is 368 g/mol. The molecule has 0 aliphatic rings. The predicted molar refractivity (Wildman–Crippen MR) is 103 cm³/mol. The highest BCUT2D eigenvalue weighted by Gasteiger charge is 2.16. The second-order valence-corrected chi connectivity index (χ2v) is 7.72. The van der Waals surface area contributed by atoms with Gasteiger partial charge >= 0.3 is 0 Å². The Labute approximate surface area is 159 Å². The molecule has 27 heavy (non-hydrogen) atoms. The molecular formula is C19H24N2O5S. The van der Waals surface area contributed by atoms with Crippen molar-refractivity contribution in [2.75, 3.05) is 26.8 Å². The zero-order chi connectivity index (χ0) is 19.9. The van der Waals surface area contributed by atoms with Crippen LogP contribution in [-0.2, 0) is 14.8 Å². The average Bonchev–Trinajstić information content (AvgIpc) is 2.66. The zero-order valence-electron chi connectivity index (χ0n) is 15.6. The van der Waals surface area contributed by atoms with E-state index >= 15 is 0 Å². The highest BCUT2D eigenvalue weighted by atomic mass is 32.2. The third-order valence-corrected chi connectivity index (χ3v) is 5.40. The van der Waals surface area contributed by atoms with Gasteiger partial charge in [-0.2, -0.15) is 0 Å². The van der Waals surface area contributed by atoms with Crippen LogP contribution >= 0.6 is 0 Å². The van der Waals surface area contributed by atoms with Crippen molar-refractivity contribution in [2.45, 2.75) is 18.7 Å². The summed E-state index contributed by atoms with van der Waals surface area (Å²) >= 11 is 0. The van der Waals surface area contributed by atoms with Crippen LogP contribution in [0.5, 0.6) is 11.5 Å². The van der Waals surface area contributed by atoms with Gasteiger partial charge in [0.2, 0.25) is 10.0 Å². The number of ether oxygens (including phenoxy) is 2. The number of methoxy groups -OCH3 is 1. The summed E-state index contributed by atoms with van der Waals surface area (Å²) < 4.78 is 37.6. The minimum atomic E-state index is -3.62. The number of hydrogen-bond donors (Lipinski definition) is 2. The molecule has 0 heterocycles. The van der Waals surface area contributed by atoms with Gasteiger partial charge in [0.25, 0.3) is 5.91 Å². The summed E-state index contributed by atoms with van der Waals surface area (Å²) in [6.45, 7) is 3.67. The fraction of sp³-hybridized carbons (Fsp3) is 0.316. The van der Waals surface area contributed by atoms with Crippen LogP contribution in [0.2, 0.25) is 0 Å². The summed E-state index contributed by atoms with van der Waals surface area (Å²) in [4.78, 5) is 12.0. The van der Waals surface area contributed by atoms with Gasteiger partial charge in [0.05, 0.1) is 12.0 Å². The molecule has 2 rings (SSSR count). The van der Waals surface area contributed by atoms with Crippen LogP contribution in [-0.4, -0.2) is 41.1 Å². The van der Waals surface area contributed by atoms with Crippen LogP contribution in [0.15, 0.2) is 47.4 Å². The number of carbonyl (C=O) groups is 1. The van der Waals surface area contributed by atoms with Crippen molar-refractivity contribution in [3.63, 3.8) is 0 Å². The van der Waals surface area contributed by atoms with Gasteiger partial charge in [-0.25, -0.2) is 13.1 Å². The van der Waals surface area contributed by atoms with Gasteiger partial charge in [-0.1, -0.05) is 12.1 Å². The van der Waals surface area contributed by atoms with Crippen molar-refractivity contribution in [3.05, 3.63) is 53.6 Å². The van der Waals surface area contributed by atoms with Gasteiger partial charge < -0.3 is 14.8 Å². The fourth-order valence-corrected chi connectivity index (χ4v) is 3.69. The van der Waals surface area contributed by atoms with Crippen LogP contribution in [0.1, 0.15) is 11.1 Å². The second-order valence-electron chi connectivity index (χ2n) is 5.98. The summed E-state index contributed by atoms with van der Waals surface area (Å²) in [5.74, 6) is 0.904. The van der Waals surface area contributed by atoms with E-state index in [2.05, 4.69) is 10.0 Å². The number of carbonyl (C=O) groups excluding carboxylic acids is 1. The Morgan fingerprint density at radius 3 is 2.33 bits per heavy atom. The molecule has 0 saturated carbocycles. The van der Waals surface area contributed by atoms with Crippen LogP contribution < -0.4 is 19.5 Å². The molecule has 0 radical (unpaired) electrons. The molecule has 2 aromatic carbocycles. The smallest absolute Gasteiger partial charge is 0.257 e. The van der Waals surface area contributed by atoms with E-state index in [-0.39, 0.29) is 30.5 Å². The molecule has 0 aliphatic carbocycles. The average molecular weight is 392 g/mol. The molecule has 7 nitrogen and oxygen atoms in total. The highest BCUT2D eigenvalue weighted by Crippen LogP contribution is 2.17. The Morgan fingerprint density at radius 2 is 1.67 bits per heavy atom. The first-order chi connectivity index (χ1) is 12.8. The van der Waals surface area contributed by atoms with E-state index < -0.39 is 10.0 Å². The molecule has 146 valence electrons. The molecule has 2 N–H and O–H groups in total. The minimum absolute atomic E-state index is 0.0873. The van der Waals surface area contributed by atoms with E-state index in [0.717, 1.165) is 5.56 Å². The lowest BCUT2D eigenvalue weighted by molar-refractivity contribution is -0.123. The number of sulfonamides is 1. The molecule has 0 atom stereocenters. The van der Waals surface area contributed by atoms with Crippen molar-refractivity contribution in [2.24, 2.45) is 0 Å². The van der Waals surface area contributed by atoms with Gasteiger partial charge in [0.15, 0.2) is 6.61 Å². The zero-order valence-corrected chi connectivity index (χ0v) is 16.4. The SMILES string of the molecule is COc1ccc(OCC(=O)NCCNS(=O)(=O)c2cc(C)ccc2C)cc1. The molecule has 0 saturated heterocycles. The Morgan fingerprint density at radius 1 is 1.00 bits per heavy atom. The lowest BCUT2D eigenvalue weighted by Crippen LogP contribution is -2.37. The van der Waals surface area contributed by atoms with Gasteiger partial charge in [0.1, 0.15) is 11.5 Å². The van der Waals surface area contributed by atoms with Crippen molar-refractivity contribution in [1.82, 2.24) is 10.0 Å². The maximum absolute atomic E-state index is 12.4. The quantitative estimate of drug-likeness (QED) is 0.635. The molecule has 1 amide bonds. The van der Waals surface area contributed by atoms with E-state index in [4.69, 9.17) is 9.47 Å². The third-order valence-electron chi connectivity index (χ3n) is 3.80. The highest BCUT2D eigenvalue weighted by molar-refractivity contribution is 7.89. The molecule has 0 fully saturated rings. The maximum Gasteiger partial charge on any atom is 0.257 e. The Kier molecular flexibility index (Phi) is 7.20. The number of hydrogen-bond acceptors (Lipinski definition) is 5. The summed E-state index contributed by atoms with van der Waals surface area (Å²) in [6.07, 6.45) is 0. The van der Waals surface area contributed by atoms with E-state index in [1.807, 2.05) is 13.0 Å². The van der Waals surface area contributed by atoms with Crippen molar-refractivity contribution in [3.8, 4) is 11.5 Å². The van der Waals surface area contributed by atoms with Gasteiger partial charge in [-0.3, -0.25) is 4.79 Å². The molecule has 0 bridgehead atoms. The topological polar surface area (TPSA) is 93.7 Å². The van der Waals surface area contributed by atoms with Crippen molar-refractivity contribution in [1.29, 1.82) is 0 Å². The number of nitrogens with one attached hydrogen (secondary N) is 2. The monoisotopic (exact) mass is 392 g/mol. The molecule has 8 heteroatoms. The number of aryl methyl sites for hydroxylation is 2. The third kappa shape index (κ3) is 6.26. The molecule has 0 unspecified atom stereocenters. The first-order valence-electron chi connectivity index (χ1n) is 8.42. The number of amides is 1. The number of benzene rings is 2. The molecule has 2 aromatic rings. The van der Waals surface area contributed by atoms with Crippen LogP contribution in [0.4, 0.5) is 0 Å². The first kappa shape index (κ1) is 20.7. The Balaban J connectivity index is 1.75. The summed E-state index contributed by atoms with van der Waals surface area (Å²) in [5.41, 5.74) is 1.54. The molecule has 0 aliphatic heterocycles. The van der Waals surface area contributed by atoms with E-state index in [1.54, 1.807) is 50.4 Å². The van der Waals surface area contributed by atoms with E-state index in [1.165, 1.54) is 0 Å². The fourth-order valence-electron chi connectivity index (χ4n) is 2.33. The predicted octanol–water partition coefficient (Wildman–Crippen LogP) is 1.79. The summed E-state index contributed by atoms with van der Waals surface area (Å²) in [5, 5.41) is 2.61. The van der Waals surface area contributed by atoms with Gasteiger partial charge in [0, 0.05) is 13.1 Å². The number of rotatable bonds is 9. The van der Waals surface area contributed by atoms with Crippen LogP contribution in [0, 0.1) is 13.8 Å². The van der Waals surface area contributed by atoms with Crippen LogP contribution in [0.25, 0.3) is 0 Å². The maximum atomic E-state index is 12.4. The summed E-state index contributed by atoms with van der Waals surface area (Å²) in [6, 6.07) is 12.1. The Bertz CT molecular complexity index is 879. The lowest BCUT2D eigenvalue weighted by Gasteiger charge is -2.11. The standard InChI is InChI=1S/C19H24N2O5S/c1-14-4-5-15(2)18(12-14)27(23,24)21-11-10-20-19(22)13-26-17-8-6-16(25-3)7-9-17/h4-9,12,21H,10-11,13H2,1-3H3,(H,20,22). The molecule has 0 aromatic heterocycles. The largest absolute Gasteiger partial charge is 0.497 e. The Hall–Kier alpha value is -2.58.